The van der Waals surface area contributed by atoms with Crippen molar-refractivity contribution in [3.05, 3.63) is 114 Å². The van der Waals surface area contributed by atoms with Gasteiger partial charge in [0.1, 0.15) is 5.52 Å². The first-order chi connectivity index (χ1) is 16.9. The molecule has 0 aliphatic carbocycles. The number of aromatic nitrogens is 2. The summed E-state index contributed by atoms with van der Waals surface area (Å²) >= 11 is 0. The second-order valence-electron chi connectivity index (χ2n) is 8.31. The van der Waals surface area contributed by atoms with Crippen molar-refractivity contribution in [3.63, 3.8) is 0 Å². The molecule has 0 radical (unpaired) electrons. The number of pyridine rings is 1. The van der Waals surface area contributed by atoms with E-state index < -0.39 is 0 Å². The third-order valence-corrected chi connectivity index (χ3v) is 6.34. The average Bonchev–Trinajstić information content (AvgIpc) is 3.25. The fourth-order valence-corrected chi connectivity index (χ4v) is 4.78. The maximum Gasteiger partial charge on any atom is 0.247 e. The highest BCUT2D eigenvalue weighted by molar-refractivity contribution is 6.07. The first kappa shape index (κ1) is 18.8. The third-order valence-electron chi connectivity index (χ3n) is 6.34. The van der Waals surface area contributed by atoms with Gasteiger partial charge in [0, 0.05) is 17.1 Å². The quantitative estimate of drug-likeness (QED) is 0.275. The van der Waals surface area contributed by atoms with Gasteiger partial charge in [0.25, 0.3) is 0 Å². The lowest BCUT2D eigenvalue weighted by Gasteiger charge is -2.28. The molecule has 1 aliphatic heterocycles. The first-order valence-corrected chi connectivity index (χ1v) is 11.3. The number of hydrogen-bond donors (Lipinski definition) is 0. The highest BCUT2D eigenvalue weighted by atomic mass is 16.4. The van der Waals surface area contributed by atoms with Crippen LogP contribution in [0.2, 0.25) is 0 Å². The smallest absolute Gasteiger partial charge is 0.247 e. The standard InChI is InChI=1S/C30H19N3O/c1-5-13-26-20(8-1)15-16-21-9-2-6-14-27(21)33(26)28-18-17-24(22-10-3-4-11-23(22)28)29-32-25-12-7-19-31-30(25)34-29/h1-19H. The molecule has 0 N–H and O–H groups in total. The number of hydrogen-bond acceptors (Lipinski definition) is 4. The van der Waals surface area contributed by atoms with Crippen LogP contribution in [0.3, 0.4) is 0 Å². The van der Waals surface area contributed by atoms with Crippen molar-refractivity contribution in [1.29, 1.82) is 0 Å². The van der Waals surface area contributed by atoms with E-state index in [1.165, 1.54) is 11.1 Å². The average molecular weight is 438 g/mol. The molecule has 0 bridgehead atoms. The van der Waals surface area contributed by atoms with Gasteiger partial charge in [0.15, 0.2) is 0 Å². The molecule has 0 unspecified atom stereocenters. The largest absolute Gasteiger partial charge is 0.418 e. The van der Waals surface area contributed by atoms with E-state index in [1.54, 1.807) is 6.20 Å². The summed E-state index contributed by atoms with van der Waals surface area (Å²) in [5.41, 5.74) is 8.01. The summed E-state index contributed by atoms with van der Waals surface area (Å²) in [7, 11) is 0. The van der Waals surface area contributed by atoms with Crippen LogP contribution in [0.5, 0.6) is 0 Å². The zero-order chi connectivity index (χ0) is 22.5. The van der Waals surface area contributed by atoms with Gasteiger partial charge in [0.2, 0.25) is 11.6 Å². The summed E-state index contributed by atoms with van der Waals surface area (Å²) in [6, 6.07) is 33.5. The van der Waals surface area contributed by atoms with Crippen molar-refractivity contribution in [1.82, 2.24) is 9.97 Å². The van der Waals surface area contributed by atoms with Gasteiger partial charge in [0.05, 0.1) is 17.1 Å². The minimum atomic E-state index is 0.548. The molecule has 0 atom stereocenters. The van der Waals surface area contributed by atoms with Crippen LogP contribution in [0.15, 0.2) is 108 Å². The first-order valence-electron chi connectivity index (χ1n) is 11.3. The molecule has 3 heterocycles. The van der Waals surface area contributed by atoms with E-state index in [4.69, 9.17) is 9.40 Å². The second-order valence-corrected chi connectivity index (χ2v) is 8.31. The lowest BCUT2D eigenvalue weighted by Crippen LogP contribution is -2.12. The van der Waals surface area contributed by atoms with Crippen LogP contribution in [-0.2, 0) is 0 Å². The third kappa shape index (κ3) is 2.86. The molecule has 0 fully saturated rings. The summed E-state index contributed by atoms with van der Waals surface area (Å²) in [4.78, 5) is 11.4. The Hall–Kier alpha value is -4.70. The Morgan fingerprint density at radius 2 is 1.26 bits per heavy atom. The van der Waals surface area contributed by atoms with Crippen LogP contribution in [-0.4, -0.2) is 9.97 Å². The van der Waals surface area contributed by atoms with Gasteiger partial charge >= 0.3 is 0 Å². The van der Waals surface area contributed by atoms with Gasteiger partial charge < -0.3 is 9.32 Å². The predicted molar refractivity (Wildman–Crippen MR) is 138 cm³/mol. The fourth-order valence-electron chi connectivity index (χ4n) is 4.78. The normalized spacial score (nSPS) is 12.5. The Morgan fingerprint density at radius 1 is 0.588 bits per heavy atom. The summed E-state index contributed by atoms with van der Waals surface area (Å²) < 4.78 is 6.03. The maximum absolute atomic E-state index is 6.03. The second kappa shape index (κ2) is 7.42. The zero-order valence-electron chi connectivity index (χ0n) is 18.2. The highest BCUT2D eigenvalue weighted by Gasteiger charge is 2.22. The molecule has 2 aromatic heterocycles. The van der Waals surface area contributed by atoms with Crippen molar-refractivity contribution in [2.45, 2.75) is 0 Å². The van der Waals surface area contributed by atoms with Crippen molar-refractivity contribution in [3.8, 4) is 11.5 Å². The SMILES string of the molecule is C1=Cc2ccccc2N(c2ccc(-c3nc4cccnc4o3)c3ccccc23)c2ccccc21. The molecular formula is C30H19N3O. The van der Waals surface area contributed by atoms with Crippen LogP contribution >= 0.6 is 0 Å². The van der Waals surface area contributed by atoms with Crippen LogP contribution in [0.1, 0.15) is 11.1 Å². The number of fused-ring (bicyclic) bond motifs is 4. The Kier molecular flexibility index (Phi) is 4.11. The van der Waals surface area contributed by atoms with Crippen molar-refractivity contribution in [2.75, 3.05) is 4.90 Å². The molecular weight excluding hydrogens is 418 g/mol. The number of oxazole rings is 1. The Balaban J connectivity index is 1.50. The molecule has 0 spiro atoms. The van der Waals surface area contributed by atoms with E-state index in [0.717, 1.165) is 38.9 Å². The minimum Gasteiger partial charge on any atom is -0.418 e. The summed E-state index contributed by atoms with van der Waals surface area (Å²) in [6.45, 7) is 0. The predicted octanol–water partition coefficient (Wildman–Crippen LogP) is 8.00. The van der Waals surface area contributed by atoms with E-state index >= 15 is 0 Å². The number of rotatable bonds is 2. The van der Waals surface area contributed by atoms with Crippen molar-refractivity contribution >= 4 is 51.2 Å². The van der Waals surface area contributed by atoms with Gasteiger partial charge in [-0.2, -0.15) is 0 Å². The van der Waals surface area contributed by atoms with E-state index in [-0.39, 0.29) is 0 Å². The van der Waals surface area contributed by atoms with Crippen LogP contribution < -0.4 is 4.90 Å². The van der Waals surface area contributed by atoms with E-state index in [2.05, 4.69) is 107 Å². The van der Waals surface area contributed by atoms with Gasteiger partial charge in [-0.15, -0.1) is 0 Å². The Bertz CT molecular complexity index is 1650. The fraction of sp³-hybridized carbons (Fsp3) is 0. The molecule has 4 nitrogen and oxygen atoms in total. The van der Waals surface area contributed by atoms with Gasteiger partial charge in [-0.05, 0) is 52.9 Å². The highest BCUT2D eigenvalue weighted by Crippen LogP contribution is 2.45. The number of nitrogens with zero attached hydrogens (tertiary/aromatic N) is 3. The van der Waals surface area contributed by atoms with Gasteiger partial charge in [-0.25, -0.2) is 9.97 Å². The van der Waals surface area contributed by atoms with Crippen LogP contribution in [0.4, 0.5) is 17.1 Å². The molecule has 160 valence electrons. The Morgan fingerprint density at radius 3 is 2.00 bits per heavy atom. The van der Waals surface area contributed by atoms with E-state index in [9.17, 15) is 0 Å². The molecule has 6 aromatic rings. The molecule has 0 saturated heterocycles. The summed E-state index contributed by atoms with van der Waals surface area (Å²) in [6.07, 6.45) is 6.10. The van der Waals surface area contributed by atoms with Crippen LogP contribution in [0.25, 0.3) is 45.6 Å². The Labute approximate surface area is 196 Å². The number of para-hydroxylation sites is 2. The van der Waals surface area contributed by atoms with E-state index in [1.807, 2.05) is 12.1 Å². The maximum atomic E-state index is 6.03. The molecule has 34 heavy (non-hydrogen) atoms. The van der Waals surface area contributed by atoms with Gasteiger partial charge in [-0.1, -0.05) is 72.8 Å². The molecule has 1 aliphatic rings. The molecule has 4 aromatic carbocycles. The zero-order valence-corrected chi connectivity index (χ0v) is 18.2. The molecule has 4 heteroatoms. The van der Waals surface area contributed by atoms with Crippen LogP contribution in [0, 0.1) is 0 Å². The van der Waals surface area contributed by atoms with E-state index in [0.29, 0.717) is 11.6 Å². The van der Waals surface area contributed by atoms with Crippen molar-refractivity contribution < 1.29 is 4.42 Å². The number of anilines is 3. The lowest BCUT2D eigenvalue weighted by molar-refractivity contribution is 0.608. The summed E-state index contributed by atoms with van der Waals surface area (Å²) in [5.74, 6) is 0.579. The van der Waals surface area contributed by atoms with Gasteiger partial charge in [-0.3, -0.25) is 0 Å². The molecule has 0 amide bonds. The molecule has 0 saturated carbocycles. The number of benzene rings is 4. The lowest BCUT2D eigenvalue weighted by atomic mass is 10.0. The molecule has 7 rings (SSSR count). The monoisotopic (exact) mass is 437 g/mol. The topological polar surface area (TPSA) is 42.2 Å². The van der Waals surface area contributed by atoms with Crippen molar-refractivity contribution in [2.24, 2.45) is 0 Å². The summed E-state index contributed by atoms with van der Waals surface area (Å²) in [5, 5.41) is 2.21. The minimum absolute atomic E-state index is 0.548.